The molecule has 0 radical (unpaired) electrons. The predicted octanol–water partition coefficient (Wildman–Crippen LogP) is 5.13. The van der Waals surface area contributed by atoms with Crippen molar-refractivity contribution in [2.24, 2.45) is 0 Å². The molecule has 0 spiro atoms. The summed E-state index contributed by atoms with van der Waals surface area (Å²) in [6, 6.07) is 26.7. The van der Waals surface area contributed by atoms with E-state index in [-0.39, 0.29) is 0 Å². The van der Waals surface area contributed by atoms with Crippen LogP contribution in [-0.2, 0) is 0 Å². The van der Waals surface area contributed by atoms with Crippen LogP contribution in [-0.4, -0.2) is 9.55 Å². The van der Waals surface area contributed by atoms with E-state index in [4.69, 9.17) is 4.74 Å². The number of nitrogens with zero attached hydrogens (tertiary/aromatic N) is 2. The Balaban J connectivity index is 1.92. The molecule has 0 N–H and O–H groups in total. The van der Waals surface area contributed by atoms with E-state index in [1.54, 1.807) is 0 Å². The van der Waals surface area contributed by atoms with E-state index in [1.165, 1.54) is 5.56 Å². The van der Waals surface area contributed by atoms with E-state index in [0.717, 1.165) is 22.5 Å². The Kier molecular flexibility index (Phi) is 3.31. The highest BCUT2D eigenvalue weighted by Crippen LogP contribution is 2.29. The SMILES string of the molecule is Cc1ccc2nc(Oc3ccccc3)n(-c3ccccc3)c2c1. The third kappa shape index (κ3) is 2.57. The van der Waals surface area contributed by atoms with Crippen molar-refractivity contribution in [1.29, 1.82) is 0 Å². The Bertz CT molecular complexity index is 943. The molecule has 0 aliphatic rings. The maximum Gasteiger partial charge on any atom is 0.307 e. The van der Waals surface area contributed by atoms with Crippen LogP contribution in [0, 0.1) is 6.92 Å². The van der Waals surface area contributed by atoms with Crippen molar-refractivity contribution in [3.05, 3.63) is 84.4 Å². The summed E-state index contributed by atoms with van der Waals surface area (Å²) < 4.78 is 8.09. The average molecular weight is 300 g/mol. The highest BCUT2D eigenvalue weighted by molar-refractivity contribution is 5.80. The average Bonchev–Trinajstić information content (AvgIpc) is 2.93. The van der Waals surface area contributed by atoms with E-state index in [2.05, 4.69) is 40.7 Å². The molecular formula is C20H16N2O. The minimum atomic E-state index is 0.572. The smallest absolute Gasteiger partial charge is 0.307 e. The molecule has 0 atom stereocenters. The summed E-state index contributed by atoms with van der Waals surface area (Å²) in [5, 5.41) is 0. The lowest BCUT2D eigenvalue weighted by Gasteiger charge is -2.10. The minimum absolute atomic E-state index is 0.572. The molecule has 0 amide bonds. The Morgan fingerprint density at radius 2 is 1.52 bits per heavy atom. The molecule has 4 aromatic rings. The van der Waals surface area contributed by atoms with Crippen molar-refractivity contribution in [3.63, 3.8) is 0 Å². The Morgan fingerprint density at radius 1 is 0.826 bits per heavy atom. The lowest BCUT2D eigenvalue weighted by atomic mass is 10.2. The molecule has 0 saturated heterocycles. The molecule has 3 aromatic carbocycles. The first kappa shape index (κ1) is 13.6. The summed E-state index contributed by atoms with van der Waals surface area (Å²) >= 11 is 0. The fourth-order valence-electron chi connectivity index (χ4n) is 2.65. The quantitative estimate of drug-likeness (QED) is 0.524. The van der Waals surface area contributed by atoms with Gasteiger partial charge in [-0.15, -0.1) is 0 Å². The summed E-state index contributed by atoms with van der Waals surface area (Å²) in [7, 11) is 0. The van der Waals surface area contributed by atoms with Crippen LogP contribution in [0.15, 0.2) is 78.9 Å². The molecule has 3 nitrogen and oxygen atoms in total. The molecule has 0 bridgehead atoms. The van der Waals surface area contributed by atoms with Gasteiger partial charge < -0.3 is 4.74 Å². The molecule has 112 valence electrons. The van der Waals surface area contributed by atoms with Gasteiger partial charge in [0.05, 0.1) is 16.7 Å². The topological polar surface area (TPSA) is 27.1 Å². The van der Waals surface area contributed by atoms with Crippen LogP contribution in [0.25, 0.3) is 16.7 Å². The number of aromatic nitrogens is 2. The number of hydrogen-bond acceptors (Lipinski definition) is 2. The van der Waals surface area contributed by atoms with Gasteiger partial charge in [0.15, 0.2) is 0 Å². The van der Waals surface area contributed by atoms with E-state index < -0.39 is 0 Å². The minimum Gasteiger partial charge on any atom is -0.425 e. The maximum atomic E-state index is 6.04. The van der Waals surface area contributed by atoms with Gasteiger partial charge in [-0.05, 0) is 48.9 Å². The van der Waals surface area contributed by atoms with Gasteiger partial charge in [-0.2, -0.15) is 4.98 Å². The molecule has 3 heteroatoms. The van der Waals surface area contributed by atoms with Crippen LogP contribution in [0.5, 0.6) is 11.8 Å². The maximum absolute atomic E-state index is 6.04. The number of hydrogen-bond donors (Lipinski definition) is 0. The Morgan fingerprint density at radius 3 is 2.26 bits per heavy atom. The van der Waals surface area contributed by atoms with Gasteiger partial charge in [0.2, 0.25) is 0 Å². The Labute approximate surface area is 134 Å². The normalized spacial score (nSPS) is 10.8. The second-order valence-corrected chi connectivity index (χ2v) is 5.47. The van der Waals surface area contributed by atoms with Crippen LogP contribution in [0.3, 0.4) is 0 Å². The van der Waals surface area contributed by atoms with Crippen molar-refractivity contribution < 1.29 is 4.74 Å². The van der Waals surface area contributed by atoms with Gasteiger partial charge >= 0.3 is 6.01 Å². The summed E-state index contributed by atoms with van der Waals surface area (Å²) in [5.74, 6) is 0.775. The number of para-hydroxylation sites is 2. The fraction of sp³-hybridized carbons (Fsp3) is 0.0500. The molecule has 0 aliphatic carbocycles. The highest BCUT2D eigenvalue weighted by atomic mass is 16.5. The largest absolute Gasteiger partial charge is 0.425 e. The molecule has 0 saturated carbocycles. The van der Waals surface area contributed by atoms with E-state index in [9.17, 15) is 0 Å². The van der Waals surface area contributed by atoms with Gasteiger partial charge in [-0.3, -0.25) is 4.57 Å². The summed E-state index contributed by atoms with van der Waals surface area (Å²) in [6.07, 6.45) is 0. The second kappa shape index (κ2) is 5.61. The molecule has 23 heavy (non-hydrogen) atoms. The van der Waals surface area contributed by atoms with E-state index >= 15 is 0 Å². The molecule has 0 unspecified atom stereocenters. The molecule has 4 rings (SSSR count). The zero-order valence-electron chi connectivity index (χ0n) is 12.8. The first-order chi connectivity index (χ1) is 11.3. The van der Waals surface area contributed by atoms with Crippen molar-refractivity contribution in [2.45, 2.75) is 6.92 Å². The fourth-order valence-corrected chi connectivity index (χ4v) is 2.65. The van der Waals surface area contributed by atoms with Gasteiger partial charge in [0.25, 0.3) is 0 Å². The summed E-state index contributed by atoms with van der Waals surface area (Å²) in [4.78, 5) is 4.67. The van der Waals surface area contributed by atoms with Gasteiger partial charge in [0, 0.05) is 0 Å². The third-order valence-electron chi connectivity index (χ3n) is 3.75. The first-order valence-corrected chi connectivity index (χ1v) is 7.59. The standard InChI is InChI=1S/C20H16N2O/c1-15-12-13-18-19(14-15)22(16-8-4-2-5-9-16)20(21-18)23-17-10-6-3-7-11-17/h2-14H,1H3. The van der Waals surface area contributed by atoms with Crippen molar-refractivity contribution in [2.75, 3.05) is 0 Å². The van der Waals surface area contributed by atoms with Crippen molar-refractivity contribution in [3.8, 4) is 17.4 Å². The molecule has 1 aromatic heterocycles. The Hall–Kier alpha value is -3.07. The van der Waals surface area contributed by atoms with Crippen LogP contribution in [0.4, 0.5) is 0 Å². The summed E-state index contributed by atoms with van der Waals surface area (Å²) in [5.41, 5.74) is 4.19. The van der Waals surface area contributed by atoms with Gasteiger partial charge in [-0.1, -0.05) is 42.5 Å². The molecule has 0 fully saturated rings. The van der Waals surface area contributed by atoms with Crippen LogP contribution < -0.4 is 4.74 Å². The van der Waals surface area contributed by atoms with Crippen LogP contribution >= 0.6 is 0 Å². The van der Waals surface area contributed by atoms with Crippen LogP contribution in [0.1, 0.15) is 5.56 Å². The monoisotopic (exact) mass is 300 g/mol. The molecular weight excluding hydrogens is 284 g/mol. The highest BCUT2D eigenvalue weighted by Gasteiger charge is 2.14. The number of benzene rings is 3. The lowest BCUT2D eigenvalue weighted by molar-refractivity contribution is 0.437. The van der Waals surface area contributed by atoms with E-state index in [0.29, 0.717) is 6.01 Å². The van der Waals surface area contributed by atoms with Crippen molar-refractivity contribution in [1.82, 2.24) is 9.55 Å². The number of rotatable bonds is 3. The number of ether oxygens (including phenoxy) is 1. The first-order valence-electron chi connectivity index (χ1n) is 7.59. The zero-order chi connectivity index (χ0) is 15.6. The number of imidazole rings is 1. The number of aryl methyl sites for hydroxylation is 1. The van der Waals surface area contributed by atoms with E-state index in [1.807, 2.05) is 54.6 Å². The summed E-state index contributed by atoms with van der Waals surface area (Å²) in [6.45, 7) is 2.08. The van der Waals surface area contributed by atoms with Gasteiger partial charge in [-0.25, -0.2) is 0 Å². The predicted molar refractivity (Wildman–Crippen MR) is 92.3 cm³/mol. The third-order valence-corrected chi connectivity index (χ3v) is 3.75. The molecule has 0 aliphatic heterocycles. The van der Waals surface area contributed by atoms with Crippen molar-refractivity contribution >= 4 is 11.0 Å². The zero-order valence-corrected chi connectivity index (χ0v) is 12.8. The number of fused-ring (bicyclic) bond motifs is 1. The second-order valence-electron chi connectivity index (χ2n) is 5.47. The lowest BCUT2D eigenvalue weighted by Crippen LogP contribution is -1.98. The van der Waals surface area contributed by atoms with Gasteiger partial charge in [0.1, 0.15) is 5.75 Å². The molecule has 1 heterocycles. The van der Waals surface area contributed by atoms with Crippen LogP contribution in [0.2, 0.25) is 0 Å².